The van der Waals surface area contributed by atoms with E-state index < -0.39 is 0 Å². The van der Waals surface area contributed by atoms with Gasteiger partial charge in [0.25, 0.3) is 0 Å². The minimum absolute atomic E-state index is 0.554. The van der Waals surface area contributed by atoms with E-state index in [1.165, 1.54) is 44.9 Å². The molecule has 2 bridgehead atoms. The van der Waals surface area contributed by atoms with Crippen molar-refractivity contribution in [2.24, 2.45) is 35.5 Å². The number of halogens is 1. The molecule has 1 aliphatic heterocycles. The Kier molecular flexibility index (Phi) is 3.65. The highest BCUT2D eigenvalue weighted by Crippen LogP contribution is 2.57. The van der Waals surface area contributed by atoms with Crippen LogP contribution >= 0.6 is 22.6 Å². The van der Waals surface area contributed by atoms with Gasteiger partial charge in [-0.05, 0) is 68.1 Å². The highest BCUT2D eigenvalue weighted by atomic mass is 127. The van der Waals surface area contributed by atoms with E-state index >= 15 is 0 Å². The molecule has 3 aliphatic carbocycles. The van der Waals surface area contributed by atoms with Crippen molar-refractivity contribution < 1.29 is 4.74 Å². The van der Waals surface area contributed by atoms with Gasteiger partial charge in [0.1, 0.15) is 0 Å². The average Bonchev–Trinajstić information content (AvgIpc) is 2.35. The lowest BCUT2D eigenvalue weighted by Gasteiger charge is -2.56. The van der Waals surface area contributed by atoms with Crippen LogP contribution in [0.1, 0.15) is 58.8 Å². The molecular weight excluding hydrogens is 359 g/mol. The van der Waals surface area contributed by atoms with Crippen molar-refractivity contribution in [3.05, 3.63) is 0 Å². The molecule has 8 atom stereocenters. The van der Waals surface area contributed by atoms with Crippen molar-refractivity contribution in [1.82, 2.24) is 0 Å². The molecule has 0 N–H and O–H groups in total. The van der Waals surface area contributed by atoms with Crippen LogP contribution < -0.4 is 0 Å². The fourth-order valence-corrected chi connectivity index (χ4v) is 7.64. The second kappa shape index (κ2) is 5.11. The van der Waals surface area contributed by atoms with Crippen molar-refractivity contribution in [2.75, 3.05) is 6.61 Å². The molecule has 1 nitrogen and oxygen atoms in total. The van der Waals surface area contributed by atoms with Gasteiger partial charge in [0.15, 0.2) is 0 Å². The molecule has 1 heterocycles. The minimum Gasteiger partial charge on any atom is -0.377 e. The van der Waals surface area contributed by atoms with Crippen molar-refractivity contribution in [2.45, 2.75) is 68.3 Å². The monoisotopic (exact) mass is 388 g/mol. The Morgan fingerprint density at radius 2 is 1.80 bits per heavy atom. The molecule has 0 aromatic heterocycles. The zero-order valence-corrected chi connectivity index (χ0v) is 15.1. The Bertz CT molecular complexity index is 380. The third-order valence-electron chi connectivity index (χ3n) is 7.54. The second-order valence-electron chi connectivity index (χ2n) is 8.36. The van der Waals surface area contributed by atoms with Gasteiger partial charge in [0.05, 0.1) is 12.7 Å². The molecule has 0 aromatic carbocycles. The van der Waals surface area contributed by atoms with E-state index in [-0.39, 0.29) is 0 Å². The summed E-state index contributed by atoms with van der Waals surface area (Å²) in [5.41, 5.74) is 0. The normalized spacial score (nSPS) is 58.6. The van der Waals surface area contributed by atoms with Crippen LogP contribution in [0.3, 0.4) is 0 Å². The molecule has 4 fully saturated rings. The van der Waals surface area contributed by atoms with Crippen molar-refractivity contribution in [1.29, 1.82) is 0 Å². The van der Waals surface area contributed by atoms with Gasteiger partial charge in [-0.3, -0.25) is 0 Å². The number of hydrogen-bond donors (Lipinski definition) is 0. The first-order valence-corrected chi connectivity index (χ1v) is 9.95. The highest BCUT2D eigenvalue weighted by Gasteiger charge is 2.52. The van der Waals surface area contributed by atoms with E-state index in [2.05, 4.69) is 36.4 Å². The van der Waals surface area contributed by atoms with E-state index in [0.717, 1.165) is 42.1 Å². The third kappa shape index (κ3) is 2.11. The number of hydrogen-bond acceptors (Lipinski definition) is 1. The Morgan fingerprint density at radius 3 is 2.55 bits per heavy atom. The topological polar surface area (TPSA) is 9.23 Å². The van der Waals surface area contributed by atoms with Gasteiger partial charge < -0.3 is 4.74 Å². The summed E-state index contributed by atoms with van der Waals surface area (Å²) in [6.45, 7) is 6.18. The maximum atomic E-state index is 5.83. The van der Waals surface area contributed by atoms with Crippen LogP contribution in [0.25, 0.3) is 0 Å². The molecule has 4 rings (SSSR count). The molecule has 0 spiro atoms. The van der Waals surface area contributed by atoms with Crippen LogP contribution in [0.2, 0.25) is 0 Å². The van der Waals surface area contributed by atoms with Gasteiger partial charge in [0.2, 0.25) is 0 Å². The average molecular weight is 388 g/mol. The largest absolute Gasteiger partial charge is 0.377 e. The van der Waals surface area contributed by atoms with E-state index in [1.807, 2.05) is 0 Å². The number of alkyl halides is 1. The summed E-state index contributed by atoms with van der Waals surface area (Å²) in [6, 6.07) is 0. The summed E-state index contributed by atoms with van der Waals surface area (Å²) in [6.07, 6.45) is 10.9. The summed E-state index contributed by atoms with van der Waals surface area (Å²) in [5, 5.41) is 0. The number of rotatable bonds is 0. The minimum atomic E-state index is 0.554. The molecular formula is C18H29IO. The van der Waals surface area contributed by atoms with Crippen LogP contribution in [0, 0.1) is 35.5 Å². The summed E-state index contributed by atoms with van der Waals surface area (Å²) in [5.74, 6) is 5.85. The van der Waals surface area contributed by atoms with E-state index in [1.54, 1.807) is 0 Å². The fraction of sp³-hybridized carbons (Fsp3) is 1.00. The lowest BCUT2D eigenvalue weighted by atomic mass is 9.56. The molecule has 0 aromatic rings. The number of fused-ring (bicyclic) bond motifs is 5. The Balaban J connectivity index is 1.60. The van der Waals surface area contributed by atoms with E-state index in [9.17, 15) is 0 Å². The highest BCUT2D eigenvalue weighted by molar-refractivity contribution is 14.1. The van der Waals surface area contributed by atoms with E-state index in [4.69, 9.17) is 4.74 Å². The molecule has 0 radical (unpaired) electrons. The van der Waals surface area contributed by atoms with Gasteiger partial charge in [-0.2, -0.15) is 0 Å². The van der Waals surface area contributed by atoms with Gasteiger partial charge >= 0.3 is 0 Å². The SMILES string of the molecule is CC1CC[C@@H]2CC3C(CC[C@H]1[C@]2(C)I)CC[C@H]1OC[C@@H]31. The first-order valence-electron chi connectivity index (χ1n) is 8.88. The summed E-state index contributed by atoms with van der Waals surface area (Å²) >= 11 is 2.85. The third-order valence-corrected chi connectivity index (χ3v) is 9.22. The first kappa shape index (κ1) is 14.3. The summed E-state index contributed by atoms with van der Waals surface area (Å²) in [4.78, 5) is 0. The van der Waals surface area contributed by atoms with E-state index in [0.29, 0.717) is 9.53 Å². The van der Waals surface area contributed by atoms with Crippen LogP contribution in [0.5, 0.6) is 0 Å². The lowest BCUT2D eigenvalue weighted by Crippen LogP contribution is -2.54. The molecule has 3 saturated carbocycles. The van der Waals surface area contributed by atoms with Crippen LogP contribution in [-0.4, -0.2) is 16.1 Å². The Hall–Kier alpha value is 0.690. The second-order valence-corrected chi connectivity index (χ2v) is 10.7. The molecule has 1 saturated heterocycles. The van der Waals surface area contributed by atoms with Crippen molar-refractivity contribution >= 4 is 22.6 Å². The quantitative estimate of drug-likeness (QED) is 0.416. The smallest absolute Gasteiger partial charge is 0.0628 e. The van der Waals surface area contributed by atoms with Crippen LogP contribution in [0.15, 0.2) is 0 Å². The molecule has 20 heavy (non-hydrogen) atoms. The van der Waals surface area contributed by atoms with Crippen molar-refractivity contribution in [3.63, 3.8) is 0 Å². The van der Waals surface area contributed by atoms with Gasteiger partial charge in [-0.15, -0.1) is 0 Å². The molecule has 2 heteroatoms. The molecule has 0 amide bonds. The van der Waals surface area contributed by atoms with Crippen LogP contribution in [-0.2, 0) is 4.74 Å². The fourth-order valence-electron chi connectivity index (χ4n) is 6.15. The first-order chi connectivity index (χ1) is 9.57. The zero-order chi connectivity index (χ0) is 13.9. The Morgan fingerprint density at radius 1 is 1.00 bits per heavy atom. The molecule has 114 valence electrons. The maximum absolute atomic E-state index is 5.83. The molecule has 3 unspecified atom stereocenters. The van der Waals surface area contributed by atoms with Gasteiger partial charge in [-0.1, -0.05) is 42.9 Å². The molecule has 4 aliphatic rings. The van der Waals surface area contributed by atoms with Gasteiger partial charge in [0, 0.05) is 9.34 Å². The van der Waals surface area contributed by atoms with Crippen LogP contribution in [0.4, 0.5) is 0 Å². The summed E-state index contributed by atoms with van der Waals surface area (Å²) < 4.78 is 6.38. The van der Waals surface area contributed by atoms with Gasteiger partial charge in [-0.25, -0.2) is 0 Å². The standard InChI is InChI=1S/C18H29IO/c1-11-3-6-13-9-14-12(4-7-16(11)18(13,2)19)5-8-17-15(14)10-20-17/h11-17H,3-10H2,1-2H3/t11?,12?,13-,14?,15+,16-,17-,18-/m1/s1. The zero-order valence-electron chi connectivity index (χ0n) is 13.0. The van der Waals surface area contributed by atoms with Crippen molar-refractivity contribution in [3.8, 4) is 0 Å². The maximum Gasteiger partial charge on any atom is 0.0628 e. The Labute approximate surface area is 137 Å². The predicted molar refractivity (Wildman–Crippen MR) is 91.1 cm³/mol. The number of ether oxygens (including phenoxy) is 1. The summed E-state index contributed by atoms with van der Waals surface area (Å²) in [7, 11) is 0. The lowest BCUT2D eigenvalue weighted by molar-refractivity contribution is -0.179. The predicted octanol–water partition coefficient (Wildman–Crippen LogP) is 5.07.